The van der Waals surface area contributed by atoms with Crippen LogP contribution >= 0.6 is 11.3 Å². The number of aromatic nitrogens is 5. The first-order valence-corrected chi connectivity index (χ1v) is 29.7. The molecule has 0 saturated heterocycles. The van der Waals surface area contributed by atoms with Crippen LogP contribution in [0.15, 0.2) is 146 Å². The van der Waals surface area contributed by atoms with Gasteiger partial charge >= 0.3 is 121 Å². The smallest absolute Gasteiger partial charge is 0 e. The second-order valence-electron chi connectivity index (χ2n) is 18.4. The number of benzene rings is 6. The maximum atomic E-state index is 7.90. The van der Waals surface area contributed by atoms with Crippen molar-refractivity contribution in [1.82, 2.24) is 24.1 Å². The molecule has 0 saturated carbocycles. The fourth-order valence-electron chi connectivity index (χ4n) is 8.85. The molecule has 0 spiro atoms. The number of hydrogen-bond acceptors (Lipinski definition) is 4. The summed E-state index contributed by atoms with van der Waals surface area (Å²) in [5.74, 6) is 6.83. The topological polar surface area (TPSA) is 48.5 Å². The standard InChI is InChI=1S/C41H31N4S.C16H20GeN.Ir/c1-25-18-20-31(38-37(25)30-22-23-36(41(2,3)4)43-40(30)46-38)39-42-32-15-9-11-17-34(32)45(39)27-19-21-29-28-14-8-10-16-33(28)44(35(29)24-27)26-12-6-5-7-13-26;1-12-11-15(14-9-7-6-8-10-14)18-13(2)16(12)17(3,4)5;/h5-19,21-24H,1-4H3;6-9,11H,1-5H3;/q2*-1;/i;1D3,2D3;. The first-order valence-electron chi connectivity index (χ1n) is 24.5. The number of aryl methyl sites for hydroxylation is 3. The third kappa shape index (κ3) is 8.07. The van der Waals surface area contributed by atoms with Crippen LogP contribution in [-0.2, 0) is 25.5 Å². The summed E-state index contributed by atoms with van der Waals surface area (Å²) in [4.78, 5) is 15.8. The number of fused-ring (bicyclic) bond motifs is 7. The largest absolute Gasteiger partial charge is 0 e. The summed E-state index contributed by atoms with van der Waals surface area (Å²) in [6, 6.07) is 56.2. The zero-order valence-electron chi connectivity index (χ0n) is 43.3. The molecular formula is C57H51GeIrN5S-2. The van der Waals surface area contributed by atoms with E-state index in [0.717, 1.165) is 49.8 Å². The minimum absolute atomic E-state index is 0. The Morgan fingerprint density at radius 2 is 1.37 bits per heavy atom. The van der Waals surface area contributed by atoms with Gasteiger partial charge in [-0.2, -0.15) is 11.3 Å². The van der Waals surface area contributed by atoms with Gasteiger partial charge in [-0.3, -0.25) is 4.98 Å². The first kappa shape index (κ1) is 37.5. The summed E-state index contributed by atoms with van der Waals surface area (Å²) in [5, 5.41) is 4.89. The van der Waals surface area contributed by atoms with Crippen molar-refractivity contribution >= 4 is 82.1 Å². The Hall–Kier alpha value is -5.70. The summed E-state index contributed by atoms with van der Waals surface area (Å²) in [5.41, 5.74) is 10.8. The Morgan fingerprint density at radius 1 is 0.646 bits per heavy atom. The second-order valence-corrected chi connectivity index (χ2v) is 29.9. The first-order chi connectivity index (χ1) is 33.2. The zero-order chi connectivity index (χ0) is 49.5. The van der Waals surface area contributed by atoms with E-state index in [2.05, 4.69) is 169 Å². The Kier molecular flexibility index (Phi) is 9.96. The van der Waals surface area contributed by atoms with Crippen LogP contribution in [0.1, 0.15) is 51.5 Å². The van der Waals surface area contributed by atoms with Gasteiger partial charge in [0.25, 0.3) is 0 Å². The average molecular weight is 1110 g/mol. The molecule has 5 aromatic heterocycles. The van der Waals surface area contributed by atoms with Gasteiger partial charge in [0.2, 0.25) is 0 Å². The molecule has 0 aliphatic rings. The van der Waals surface area contributed by atoms with Gasteiger partial charge in [0.15, 0.2) is 0 Å². The predicted molar refractivity (Wildman–Crippen MR) is 275 cm³/mol. The number of rotatable bonds is 5. The summed E-state index contributed by atoms with van der Waals surface area (Å²) in [7, 11) is 0. The van der Waals surface area contributed by atoms with Gasteiger partial charge in [0, 0.05) is 58.7 Å². The number of para-hydroxylation sites is 4. The van der Waals surface area contributed by atoms with E-state index in [9.17, 15) is 0 Å². The molecule has 11 rings (SSSR count). The van der Waals surface area contributed by atoms with Gasteiger partial charge in [-0.25, -0.2) is 4.98 Å². The van der Waals surface area contributed by atoms with Gasteiger partial charge in [0.05, 0.1) is 27.9 Å². The Morgan fingerprint density at radius 3 is 2.11 bits per heavy atom. The van der Waals surface area contributed by atoms with Crippen molar-refractivity contribution in [2.24, 2.45) is 0 Å². The van der Waals surface area contributed by atoms with Crippen molar-refractivity contribution in [3.63, 3.8) is 0 Å². The fourth-order valence-corrected chi connectivity index (χ4v) is 13.5. The van der Waals surface area contributed by atoms with Crippen molar-refractivity contribution in [3.05, 3.63) is 180 Å². The number of pyridine rings is 2. The van der Waals surface area contributed by atoms with Crippen LogP contribution in [0, 0.1) is 32.8 Å². The van der Waals surface area contributed by atoms with Crippen molar-refractivity contribution in [2.45, 2.75) is 64.1 Å². The molecule has 0 unspecified atom stereocenters. The molecule has 325 valence electrons. The summed E-state index contributed by atoms with van der Waals surface area (Å²) < 4.78 is 53.6. The average Bonchev–Trinajstić information content (AvgIpc) is 4.01. The molecule has 11 aromatic rings. The predicted octanol–water partition coefficient (Wildman–Crippen LogP) is 14.7. The summed E-state index contributed by atoms with van der Waals surface area (Å²) in [6.45, 7) is 3.98. The van der Waals surface area contributed by atoms with E-state index in [1.807, 2.05) is 17.3 Å². The Bertz CT molecular complexity index is 3760. The van der Waals surface area contributed by atoms with Gasteiger partial charge in [-0.05, 0) is 53.2 Å². The number of nitrogens with zero attached hydrogens (tertiary/aromatic N) is 5. The summed E-state index contributed by atoms with van der Waals surface area (Å²) >= 11 is -1.07. The maximum Gasteiger partial charge on any atom is 0 e. The van der Waals surface area contributed by atoms with E-state index in [0.29, 0.717) is 15.7 Å². The monoisotopic (exact) mass is 1110 g/mol. The van der Waals surface area contributed by atoms with E-state index in [1.165, 1.54) is 43.4 Å². The van der Waals surface area contributed by atoms with Crippen molar-refractivity contribution in [3.8, 4) is 34.0 Å². The number of imidazole rings is 1. The van der Waals surface area contributed by atoms with Crippen molar-refractivity contribution in [1.29, 1.82) is 0 Å². The van der Waals surface area contributed by atoms with E-state index < -0.39 is 27.0 Å². The molecule has 0 N–H and O–H groups in total. The minimum atomic E-state index is -2.82. The maximum absolute atomic E-state index is 7.90. The molecule has 0 aliphatic carbocycles. The Balaban J connectivity index is 0.000000213. The molecule has 5 nitrogen and oxygen atoms in total. The van der Waals surface area contributed by atoms with Crippen LogP contribution in [0.2, 0.25) is 17.3 Å². The molecule has 0 amide bonds. The van der Waals surface area contributed by atoms with Gasteiger partial charge in [-0.1, -0.05) is 99.3 Å². The van der Waals surface area contributed by atoms with Crippen LogP contribution in [-0.4, -0.2) is 37.4 Å². The quantitative estimate of drug-likeness (QED) is 0.127. The van der Waals surface area contributed by atoms with Crippen LogP contribution in [0.25, 0.3) is 87.2 Å². The van der Waals surface area contributed by atoms with Crippen LogP contribution in [0.5, 0.6) is 0 Å². The Labute approximate surface area is 410 Å². The van der Waals surface area contributed by atoms with E-state index in [1.54, 1.807) is 35.6 Å². The fraction of sp³-hybridized carbons (Fsp3) is 0.175. The molecule has 65 heavy (non-hydrogen) atoms. The molecule has 0 fully saturated rings. The second kappa shape index (κ2) is 17.3. The van der Waals surface area contributed by atoms with Gasteiger partial charge in [-0.15, -0.1) is 17.7 Å². The van der Waals surface area contributed by atoms with Gasteiger partial charge < -0.3 is 9.13 Å². The van der Waals surface area contributed by atoms with E-state index in [4.69, 9.17) is 18.2 Å². The molecule has 0 bridgehead atoms. The number of hydrogen-bond donors (Lipinski definition) is 0. The molecule has 1 radical (unpaired) electrons. The zero-order valence-corrected chi connectivity index (χ0v) is 42.6. The van der Waals surface area contributed by atoms with Crippen LogP contribution in [0.4, 0.5) is 0 Å². The minimum Gasteiger partial charge on any atom is 0 e. The third-order valence-corrected chi connectivity index (χ3v) is 17.2. The molecule has 8 heteroatoms. The summed E-state index contributed by atoms with van der Waals surface area (Å²) in [6.07, 6.45) is 0. The van der Waals surface area contributed by atoms with E-state index >= 15 is 0 Å². The van der Waals surface area contributed by atoms with E-state index in [-0.39, 0.29) is 36.8 Å². The van der Waals surface area contributed by atoms with Crippen molar-refractivity contribution < 1.29 is 28.3 Å². The van der Waals surface area contributed by atoms with Crippen LogP contribution in [0.3, 0.4) is 0 Å². The van der Waals surface area contributed by atoms with Crippen LogP contribution < -0.4 is 4.40 Å². The van der Waals surface area contributed by atoms with Gasteiger partial charge in [0.1, 0.15) is 4.83 Å². The molecular weight excluding hydrogens is 1050 g/mol. The van der Waals surface area contributed by atoms with Crippen molar-refractivity contribution in [2.75, 3.05) is 0 Å². The molecule has 5 heterocycles. The third-order valence-electron chi connectivity index (χ3n) is 11.8. The molecule has 6 aromatic carbocycles. The molecule has 0 aliphatic heterocycles. The SMILES string of the molecule is Cc1c[c-]c(-c2nc3ccccc3n2-c2ccc3c4ccccc4n(-c4ccccc4)c3c2)c2sc3nc(C(C)(C)C)ccc3c12.[2H]C([2H])([2H])c1cc(-c2[c-]cccc2)nc(C([2H])([2H])[2H])[c]1[Ge]([CH3])([CH3])[CH3].[Ir]. The molecule has 0 atom stereocenters. The normalized spacial score (nSPS) is 13.7. The number of thiophene rings is 1.